The average Bonchev–Trinajstić information content (AvgIpc) is 2.44. The zero-order valence-electron chi connectivity index (χ0n) is 10.8. The molecule has 2 aromatic rings. The summed E-state index contributed by atoms with van der Waals surface area (Å²) in [4.78, 5) is 33.5. The standard InChI is InChI=1S/C15H12O4S/c1-10(17)20-6-2-3-11-4-5-14-13(7-11)15(18)12(8-16)9-19-14/h2-5,7-9H,6H2,1H3. The molecular formula is C15H12O4S. The highest BCUT2D eigenvalue weighted by molar-refractivity contribution is 8.13. The van der Waals surface area contributed by atoms with Crippen LogP contribution in [0.3, 0.4) is 0 Å². The SMILES string of the molecule is CC(=O)SCC=Cc1ccc2occ(C=O)c(=O)c2c1. The molecule has 5 heteroatoms. The third kappa shape index (κ3) is 3.24. The van der Waals surface area contributed by atoms with E-state index in [-0.39, 0.29) is 16.1 Å². The largest absolute Gasteiger partial charge is 0.463 e. The van der Waals surface area contributed by atoms with Crippen LogP contribution in [0.15, 0.2) is 39.7 Å². The number of thioether (sulfide) groups is 1. The Balaban J connectivity index is 2.33. The minimum atomic E-state index is -0.338. The van der Waals surface area contributed by atoms with Crippen LogP contribution >= 0.6 is 11.8 Å². The maximum atomic E-state index is 12.0. The monoisotopic (exact) mass is 288 g/mol. The minimum Gasteiger partial charge on any atom is -0.463 e. The van der Waals surface area contributed by atoms with Crippen LogP contribution in [0.25, 0.3) is 17.0 Å². The zero-order chi connectivity index (χ0) is 14.5. The Kier molecular flexibility index (Phi) is 4.53. The topological polar surface area (TPSA) is 64.3 Å². The second-order valence-electron chi connectivity index (χ2n) is 4.10. The molecule has 0 amide bonds. The fourth-order valence-corrected chi connectivity index (χ4v) is 2.13. The van der Waals surface area contributed by atoms with Gasteiger partial charge in [0.1, 0.15) is 11.8 Å². The normalized spacial score (nSPS) is 11.1. The van der Waals surface area contributed by atoms with Gasteiger partial charge in [0.2, 0.25) is 5.43 Å². The Morgan fingerprint density at radius 1 is 1.40 bits per heavy atom. The van der Waals surface area contributed by atoms with Crippen molar-refractivity contribution in [3.63, 3.8) is 0 Å². The van der Waals surface area contributed by atoms with Gasteiger partial charge in [-0.15, -0.1) is 0 Å². The number of rotatable bonds is 4. The van der Waals surface area contributed by atoms with Gasteiger partial charge in [-0.3, -0.25) is 14.4 Å². The number of carbonyl (C=O) groups excluding carboxylic acids is 2. The lowest BCUT2D eigenvalue weighted by molar-refractivity contribution is -0.109. The summed E-state index contributed by atoms with van der Waals surface area (Å²) in [5, 5.41) is 0.431. The summed E-state index contributed by atoms with van der Waals surface area (Å²) in [5.41, 5.74) is 0.924. The molecule has 4 nitrogen and oxygen atoms in total. The van der Waals surface area contributed by atoms with Crippen LogP contribution in [0.5, 0.6) is 0 Å². The van der Waals surface area contributed by atoms with Gasteiger partial charge in [-0.2, -0.15) is 0 Å². The first-order valence-corrected chi connectivity index (χ1v) is 6.91. The first-order valence-electron chi connectivity index (χ1n) is 5.92. The van der Waals surface area contributed by atoms with Crippen molar-refractivity contribution in [2.45, 2.75) is 6.92 Å². The molecule has 0 unspecified atom stereocenters. The van der Waals surface area contributed by atoms with Crippen molar-refractivity contribution in [1.29, 1.82) is 0 Å². The lowest BCUT2D eigenvalue weighted by Crippen LogP contribution is -2.07. The van der Waals surface area contributed by atoms with Crippen LogP contribution in [0.2, 0.25) is 0 Å². The highest BCUT2D eigenvalue weighted by atomic mass is 32.2. The van der Waals surface area contributed by atoms with Crippen molar-refractivity contribution in [3.05, 3.63) is 51.9 Å². The molecule has 0 saturated heterocycles. The van der Waals surface area contributed by atoms with E-state index < -0.39 is 0 Å². The average molecular weight is 288 g/mol. The van der Waals surface area contributed by atoms with Gasteiger partial charge in [0, 0.05) is 12.7 Å². The molecule has 0 radical (unpaired) electrons. The maximum Gasteiger partial charge on any atom is 0.203 e. The van der Waals surface area contributed by atoms with Crippen molar-refractivity contribution in [3.8, 4) is 0 Å². The minimum absolute atomic E-state index is 0.00534. The van der Waals surface area contributed by atoms with E-state index in [1.807, 2.05) is 12.2 Å². The molecule has 0 atom stereocenters. The van der Waals surface area contributed by atoms with Gasteiger partial charge in [0.25, 0.3) is 0 Å². The summed E-state index contributed by atoms with van der Waals surface area (Å²) < 4.78 is 5.22. The Hall–Kier alpha value is -2.14. The number of carbonyl (C=O) groups is 2. The zero-order valence-corrected chi connectivity index (χ0v) is 11.6. The molecule has 0 bridgehead atoms. The molecule has 0 N–H and O–H groups in total. The molecule has 1 aromatic carbocycles. The number of hydrogen-bond donors (Lipinski definition) is 0. The third-order valence-electron chi connectivity index (χ3n) is 2.64. The molecule has 0 aliphatic rings. The quantitative estimate of drug-likeness (QED) is 0.809. The highest BCUT2D eigenvalue weighted by Gasteiger charge is 2.06. The van der Waals surface area contributed by atoms with E-state index in [2.05, 4.69) is 0 Å². The first kappa shape index (κ1) is 14.3. The van der Waals surface area contributed by atoms with E-state index in [0.717, 1.165) is 11.8 Å². The molecule has 0 fully saturated rings. The maximum absolute atomic E-state index is 12.0. The molecule has 102 valence electrons. The summed E-state index contributed by atoms with van der Waals surface area (Å²) in [6, 6.07) is 5.16. The Bertz CT molecular complexity index is 743. The Labute approximate surface area is 119 Å². The van der Waals surface area contributed by atoms with Gasteiger partial charge in [0.05, 0.1) is 10.9 Å². The second-order valence-corrected chi connectivity index (χ2v) is 5.30. The van der Waals surface area contributed by atoms with Gasteiger partial charge in [0.15, 0.2) is 11.4 Å². The van der Waals surface area contributed by atoms with E-state index in [0.29, 0.717) is 23.0 Å². The van der Waals surface area contributed by atoms with Gasteiger partial charge in [-0.05, 0) is 17.7 Å². The van der Waals surface area contributed by atoms with Crippen LogP contribution in [0.1, 0.15) is 22.8 Å². The molecule has 0 spiro atoms. The van der Waals surface area contributed by atoms with Gasteiger partial charge >= 0.3 is 0 Å². The fraction of sp³-hybridized carbons (Fsp3) is 0.133. The van der Waals surface area contributed by atoms with Crippen LogP contribution < -0.4 is 5.43 Å². The smallest absolute Gasteiger partial charge is 0.203 e. The fourth-order valence-electron chi connectivity index (χ4n) is 1.70. The van der Waals surface area contributed by atoms with E-state index in [1.54, 1.807) is 18.2 Å². The summed E-state index contributed by atoms with van der Waals surface area (Å²) in [6.45, 7) is 1.51. The molecule has 1 heterocycles. The predicted octanol–water partition coefficient (Wildman–Crippen LogP) is 2.90. The lowest BCUT2D eigenvalue weighted by Gasteiger charge is -1.99. The number of fused-ring (bicyclic) bond motifs is 1. The van der Waals surface area contributed by atoms with Crippen LogP contribution in [0.4, 0.5) is 0 Å². The molecule has 0 aliphatic carbocycles. The summed E-state index contributed by atoms with van der Waals surface area (Å²) in [6.07, 6.45) is 5.31. The molecule has 0 saturated carbocycles. The van der Waals surface area contributed by atoms with Gasteiger partial charge in [-0.1, -0.05) is 30.0 Å². The Morgan fingerprint density at radius 2 is 2.20 bits per heavy atom. The van der Waals surface area contributed by atoms with Crippen molar-refractivity contribution in [2.24, 2.45) is 0 Å². The molecular weight excluding hydrogens is 276 g/mol. The van der Waals surface area contributed by atoms with Crippen molar-refractivity contribution < 1.29 is 14.0 Å². The predicted molar refractivity (Wildman–Crippen MR) is 80.0 cm³/mol. The van der Waals surface area contributed by atoms with Gasteiger partial charge in [-0.25, -0.2) is 0 Å². The first-order chi connectivity index (χ1) is 9.61. The highest BCUT2D eigenvalue weighted by Crippen LogP contribution is 2.15. The van der Waals surface area contributed by atoms with Crippen LogP contribution in [-0.2, 0) is 4.79 Å². The van der Waals surface area contributed by atoms with E-state index in [4.69, 9.17) is 4.42 Å². The Morgan fingerprint density at radius 3 is 2.90 bits per heavy atom. The second kappa shape index (κ2) is 6.34. The van der Waals surface area contributed by atoms with Crippen LogP contribution in [0, 0.1) is 0 Å². The summed E-state index contributed by atoms with van der Waals surface area (Å²) >= 11 is 1.21. The molecule has 20 heavy (non-hydrogen) atoms. The van der Waals surface area contributed by atoms with E-state index in [1.165, 1.54) is 18.7 Å². The van der Waals surface area contributed by atoms with Crippen molar-refractivity contribution >= 4 is 40.2 Å². The summed E-state index contributed by atoms with van der Waals surface area (Å²) in [7, 11) is 0. The third-order valence-corrected chi connectivity index (χ3v) is 3.41. The molecule has 2 rings (SSSR count). The van der Waals surface area contributed by atoms with Crippen LogP contribution in [-0.4, -0.2) is 17.2 Å². The van der Waals surface area contributed by atoms with Crippen molar-refractivity contribution in [2.75, 3.05) is 5.75 Å². The summed E-state index contributed by atoms with van der Waals surface area (Å²) in [5.74, 6) is 0.580. The van der Waals surface area contributed by atoms with E-state index in [9.17, 15) is 14.4 Å². The lowest BCUT2D eigenvalue weighted by atomic mass is 10.1. The molecule has 1 aromatic heterocycles. The number of aldehydes is 1. The number of benzene rings is 1. The van der Waals surface area contributed by atoms with E-state index >= 15 is 0 Å². The van der Waals surface area contributed by atoms with Crippen molar-refractivity contribution in [1.82, 2.24) is 0 Å². The van der Waals surface area contributed by atoms with Gasteiger partial charge < -0.3 is 4.42 Å². The molecule has 0 aliphatic heterocycles. The number of hydrogen-bond acceptors (Lipinski definition) is 5.